The van der Waals surface area contributed by atoms with Crippen molar-refractivity contribution in [3.8, 4) is 0 Å². The summed E-state index contributed by atoms with van der Waals surface area (Å²) in [5, 5.41) is 40.8. The van der Waals surface area contributed by atoms with E-state index in [0.29, 0.717) is 0 Å². The zero-order valence-electron chi connectivity index (χ0n) is 16.1. The van der Waals surface area contributed by atoms with E-state index in [-0.39, 0.29) is 71.3 Å². The van der Waals surface area contributed by atoms with Gasteiger partial charge in [0.1, 0.15) is 0 Å². The molecule has 0 amide bonds. The Bertz CT molecular complexity index is 697. The van der Waals surface area contributed by atoms with Crippen molar-refractivity contribution in [1.29, 1.82) is 0 Å². The molecule has 19 heteroatoms. The number of hydrogen-bond donors (Lipinski definition) is 0. The fourth-order valence-corrected chi connectivity index (χ4v) is 1.32. The third-order valence-corrected chi connectivity index (χ3v) is 2.33. The molecule has 0 aliphatic rings. The molecule has 0 saturated carbocycles. The van der Waals surface area contributed by atoms with Crippen LogP contribution in [-0.2, 0) is 60.4 Å². The minimum atomic E-state index is -1.52. The van der Waals surface area contributed by atoms with Crippen molar-refractivity contribution in [1.82, 2.24) is 9.97 Å². The number of carbonyl (C=O) groups excluding carboxylic acids is 4. The zero-order chi connectivity index (χ0) is 18.3. The predicted molar refractivity (Wildman–Crippen MR) is 97.4 cm³/mol. The molecule has 2 aromatic heterocycles. The molecule has 0 aromatic carbocycles. The Hall–Kier alpha value is -3.11. The Morgan fingerprint density at radius 2 is 0.636 bits per heavy atom. The number of nitrogens with zero attached hydrogens (tertiary/aromatic N) is 2. The Balaban J connectivity index is -0.0000000392. The third kappa shape index (κ3) is 19.3. The van der Waals surface area contributed by atoms with Crippen molar-refractivity contribution in [2.45, 2.75) is 0 Å². The standard InChI is InChI=1S/2C7H5NO4.2Ni.7H2O/c2*9-6(10)4-2-1-3-5(8-4)7(11)12;;;;;;;;;/h2*1-3H,(H,9,10)(H,11,12);;;7*1H2/q;;2*+2;;;;;;;/p+1. The Kier molecular flexibility index (Phi) is 46.6. The molecule has 2 aromatic rings. The van der Waals surface area contributed by atoms with Crippen molar-refractivity contribution < 1.29 is 111 Å². The molecular weight excluding hydrogens is 554 g/mol. The maximum atomic E-state index is 10.2. The number of aromatic carboxylic acids is 4. The van der Waals surface area contributed by atoms with Crippen LogP contribution in [0.15, 0.2) is 36.4 Å². The minimum Gasteiger partial charge on any atom is -0.543 e. The summed E-state index contributed by atoms with van der Waals surface area (Å²) in [6.07, 6.45) is 0. The number of aromatic nitrogens is 2. The summed E-state index contributed by atoms with van der Waals surface area (Å²) < 4.78 is 0. The van der Waals surface area contributed by atoms with Gasteiger partial charge < -0.3 is 77.9 Å². The summed E-state index contributed by atoms with van der Waals surface area (Å²) in [6.45, 7) is 0. The summed E-state index contributed by atoms with van der Waals surface area (Å²) >= 11 is 0. The Morgan fingerprint density at radius 3 is 0.758 bits per heavy atom. The number of carbonyl (C=O) groups is 4. The van der Waals surface area contributed by atoms with Crippen molar-refractivity contribution in [3.05, 3.63) is 59.2 Å². The van der Waals surface area contributed by atoms with Crippen LogP contribution in [0.2, 0.25) is 0 Å². The molecule has 0 bridgehead atoms. The van der Waals surface area contributed by atoms with Gasteiger partial charge >= 0.3 is 33.0 Å². The maximum absolute atomic E-state index is 10.2. The monoisotopic (exact) mass is 577 g/mol. The quantitative estimate of drug-likeness (QED) is 0.243. The summed E-state index contributed by atoms with van der Waals surface area (Å²) in [5.41, 5.74) is -1.68. The first-order valence-electron chi connectivity index (χ1n) is 6.02. The minimum absolute atomic E-state index is 0. The van der Waals surface area contributed by atoms with Crippen molar-refractivity contribution >= 4 is 23.9 Å². The second-order valence-electron chi connectivity index (χ2n) is 3.97. The van der Waals surface area contributed by atoms with Crippen LogP contribution in [0.3, 0.4) is 0 Å². The van der Waals surface area contributed by atoms with E-state index in [1.807, 2.05) is 0 Å². The second-order valence-corrected chi connectivity index (χ2v) is 3.97. The molecule has 0 atom stereocenters. The van der Waals surface area contributed by atoms with Gasteiger partial charge in [0, 0.05) is 0 Å². The first-order chi connectivity index (χ1) is 11.2. The first-order valence-corrected chi connectivity index (χ1v) is 6.02. The van der Waals surface area contributed by atoms with Crippen LogP contribution in [0.25, 0.3) is 0 Å². The van der Waals surface area contributed by atoms with E-state index in [2.05, 4.69) is 9.97 Å². The molecule has 2 heterocycles. The van der Waals surface area contributed by atoms with Crippen LogP contribution in [-0.4, -0.2) is 44.8 Å². The fourth-order valence-electron chi connectivity index (χ4n) is 1.32. The number of hydrogen-bond acceptors (Lipinski definition) is 10. The van der Waals surface area contributed by atoms with Gasteiger partial charge in [0.25, 0.3) is 0 Å². The van der Waals surface area contributed by atoms with E-state index >= 15 is 0 Å². The number of carboxylic acids is 4. The van der Waals surface area contributed by atoms with Gasteiger partial charge in [-0.3, -0.25) is 0 Å². The topological polar surface area (TPSA) is 414 Å². The summed E-state index contributed by atoms with van der Waals surface area (Å²) in [4.78, 5) is 47.3. The largest absolute Gasteiger partial charge is 2.00 e. The fraction of sp³-hybridized carbons (Fsp3) is 0. The zero-order valence-corrected chi connectivity index (χ0v) is 18.1. The molecule has 196 valence electrons. The molecule has 17 nitrogen and oxygen atoms in total. The Labute approximate surface area is 204 Å². The van der Waals surface area contributed by atoms with Gasteiger partial charge in [-0.2, -0.15) is 0 Å². The molecule has 0 unspecified atom stereocenters. The van der Waals surface area contributed by atoms with E-state index < -0.39 is 46.7 Å². The molecule has 33 heavy (non-hydrogen) atoms. The van der Waals surface area contributed by atoms with Gasteiger partial charge in [0.05, 0.1) is 46.7 Å². The first kappa shape index (κ1) is 57.2. The summed E-state index contributed by atoms with van der Waals surface area (Å²) in [5.74, 6) is -6.06. The van der Waals surface area contributed by atoms with E-state index in [1.54, 1.807) is 0 Å². The molecule has 0 aliphatic carbocycles. The predicted octanol–water partition coefficient (Wildman–Crippen LogP) is -10.6. The van der Waals surface area contributed by atoms with Crippen molar-refractivity contribution in [2.24, 2.45) is 0 Å². The summed E-state index contributed by atoms with van der Waals surface area (Å²) in [7, 11) is 0. The number of carboxylic acid groups (broad SMARTS) is 4. The summed E-state index contributed by atoms with van der Waals surface area (Å²) in [6, 6.07) is 7.07. The number of rotatable bonds is 4. The van der Waals surface area contributed by atoms with Gasteiger partial charge in [-0.15, -0.1) is 0 Å². The smallest absolute Gasteiger partial charge is 0.543 e. The van der Waals surface area contributed by atoms with Crippen molar-refractivity contribution in [2.75, 3.05) is 0 Å². The van der Waals surface area contributed by atoms with Crippen LogP contribution < -0.4 is 20.4 Å². The molecule has 2 rings (SSSR count). The maximum Gasteiger partial charge on any atom is 2.00 e. The molecule has 0 aliphatic heterocycles. The van der Waals surface area contributed by atoms with Crippen LogP contribution in [0.1, 0.15) is 42.0 Å². The van der Waals surface area contributed by atoms with E-state index in [1.165, 1.54) is 12.1 Å². The van der Waals surface area contributed by atoms with Gasteiger partial charge in [-0.25, -0.2) is 9.97 Å². The third-order valence-electron chi connectivity index (χ3n) is 2.33. The van der Waals surface area contributed by atoms with Crippen molar-refractivity contribution in [3.63, 3.8) is 0 Å². The van der Waals surface area contributed by atoms with Crippen LogP contribution in [0.5, 0.6) is 0 Å². The molecular formula is C14H25N2Ni2O15+5. The van der Waals surface area contributed by atoms with Crippen LogP contribution in [0, 0.1) is 0 Å². The molecule has 19 N–H and O–H groups in total. The van der Waals surface area contributed by atoms with Gasteiger partial charge in [0.15, 0.2) is 0 Å². The second kappa shape index (κ2) is 26.9. The molecule has 0 spiro atoms. The average molecular weight is 579 g/mol. The molecule has 0 saturated heterocycles. The van der Waals surface area contributed by atoms with Crippen LogP contribution >= 0.6 is 0 Å². The van der Waals surface area contributed by atoms with E-state index in [9.17, 15) is 39.6 Å². The Morgan fingerprint density at radius 1 is 0.485 bits per heavy atom. The van der Waals surface area contributed by atoms with Gasteiger partial charge in [0.2, 0.25) is 0 Å². The van der Waals surface area contributed by atoms with Gasteiger partial charge in [-0.05, 0) is 24.3 Å². The normalized spacial score (nSPS) is 6.79. The molecule has 0 radical (unpaired) electrons. The molecule has 0 fully saturated rings. The van der Waals surface area contributed by atoms with Gasteiger partial charge in [-0.1, -0.05) is 12.1 Å². The average Bonchev–Trinajstić information content (AvgIpc) is 2.55. The van der Waals surface area contributed by atoms with E-state index in [4.69, 9.17) is 0 Å². The van der Waals surface area contributed by atoms with Crippen LogP contribution in [0.4, 0.5) is 0 Å². The van der Waals surface area contributed by atoms with E-state index in [0.717, 1.165) is 24.3 Å². The number of pyridine rings is 2. The SMILES string of the molecule is O.O.O=C([O-])c1cccc(C(=O)[O-])n1.O=C([O-])c1cccc(C(=O)[O-])n1.[Ni+2].[Ni+2].[OH3+].[OH3+].[OH3+].[OH3+].[OH3+].